The lowest BCUT2D eigenvalue weighted by Crippen LogP contribution is -2.43. The molecule has 0 unspecified atom stereocenters. The van der Waals surface area contributed by atoms with Gasteiger partial charge in [-0.25, -0.2) is 9.69 Å². The van der Waals surface area contributed by atoms with Crippen LogP contribution in [0.15, 0.2) is 54.6 Å². The molecule has 0 aliphatic carbocycles. The normalized spacial score (nSPS) is 15.0. The first-order valence-corrected chi connectivity index (χ1v) is 9.50. The van der Waals surface area contributed by atoms with E-state index in [2.05, 4.69) is 5.32 Å². The molecule has 1 aliphatic heterocycles. The van der Waals surface area contributed by atoms with E-state index in [1.807, 2.05) is 42.5 Å². The summed E-state index contributed by atoms with van der Waals surface area (Å²) < 4.78 is 5.18. The van der Waals surface area contributed by atoms with Gasteiger partial charge in [0.15, 0.2) is 0 Å². The average molecular weight is 409 g/mol. The summed E-state index contributed by atoms with van der Waals surface area (Å²) in [6.45, 7) is 2.72. The molecular formula is C22H23N3O5. The van der Waals surface area contributed by atoms with Crippen LogP contribution in [0.4, 0.5) is 4.79 Å². The number of methoxy groups -OCH3 is 1. The number of ether oxygens (including phenoxy) is 1. The zero-order valence-corrected chi connectivity index (χ0v) is 17.0. The smallest absolute Gasteiger partial charge is 0.334 e. The Morgan fingerprint density at radius 1 is 0.933 bits per heavy atom. The van der Waals surface area contributed by atoms with Gasteiger partial charge in [0.2, 0.25) is 5.91 Å². The third kappa shape index (κ3) is 4.17. The predicted octanol–water partition coefficient (Wildman–Crippen LogP) is 2.10. The van der Waals surface area contributed by atoms with Crippen LogP contribution >= 0.6 is 0 Å². The van der Waals surface area contributed by atoms with Gasteiger partial charge >= 0.3 is 17.8 Å². The summed E-state index contributed by atoms with van der Waals surface area (Å²) in [5.41, 5.74) is 1.63. The van der Waals surface area contributed by atoms with Crippen LogP contribution in [-0.4, -0.2) is 53.2 Å². The van der Waals surface area contributed by atoms with Gasteiger partial charge in [-0.05, 0) is 37.1 Å². The average Bonchev–Trinajstić information content (AvgIpc) is 2.96. The highest BCUT2D eigenvalue weighted by atomic mass is 16.5. The van der Waals surface area contributed by atoms with E-state index in [9.17, 15) is 19.2 Å². The Morgan fingerprint density at radius 3 is 2.07 bits per heavy atom. The lowest BCUT2D eigenvalue weighted by Gasteiger charge is -2.22. The first-order valence-electron chi connectivity index (χ1n) is 9.50. The van der Waals surface area contributed by atoms with Crippen LogP contribution in [0.2, 0.25) is 0 Å². The van der Waals surface area contributed by atoms with Crippen molar-refractivity contribution in [1.82, 2.24) is 15.1 Å². The summed E-state index contributed by atoms with van der Waals surface area (Å²) in [7, 11) is 1.57. The maximum atomic E-state index is 12.7. The molecule has 2 aromatic rings. The van der Waals surface area contributed by atoms with Crippen molar-refractivity contribution < 1.29 is 23.9 Å². The lowest BCUT2D eigenvalue weighted by atomic mass is 9.98. The second-order valence-electron chi connectivity index (χ2n) is 7.13. The fraction of sp³-hybridized carbons (Fsp3) is 0.273. The number of benzene rings is 2. The maximum absolute atomic E-state index is 12.7. The minimum atomic E-state index is -0.996. The maximum Gasteiger partial charge on any atom is 0.334 e. The van der Waals surface area contributed by atoms with Crippen molar-refractivity contribution >= 4 is 23.8 Å². The van der Waals surface area contributed by atoms with Crippen LogP contribution < -0.4 is 10.1 Å². The molecule has 2 aromatic carbocycles. The minimum Gasteiger partial charge on any atom is -0.497 e. The topological polar surface area (TPSA) is 96.0 Å². The number of carbonyl (C=O) groups excluding carboxylic acids is 4. The van der Waals surface area contributed by atoms with E-state index in [4.69, 9.17) is 4.74 Å². The molecule has 1 N–H and O–H groups in total. The number of hydrogen-bond acceptors (Lipinski definition) is 5. The number of urea groups is 1. The molecule has 1 atom stereocenters. The van der Waals surface area contributed by atoms with E-state index >= 15 is 0 Å². The molecule has 30 heavy (non-hydrogen) atoms. The third-order valence-electron chi connectivity index (χ3n) is 4.79. The number of nitrogens with zero attached hydrogens (tertiary/aromatic N) is 2. The first-order chi connectivity index (χ1) is 14.3. The molecule has 156 valence electrons. The number of hydrogen-bond donors (Lipinski definition) is 1. The monoisotopic (exact) mass is 409 g/mol. The predicted molar refractivity (Wildman–Crippen MR) is 109 cm³/mol. The lowest BCUT2D eigenvalue weighted by molar-refractivity contribution is -0.144. The van der Waals surface area contributed by atoms with E-state index in [0.717, 1.165) is 16.0 Å². The van der Waals surface area contributed by atoms with Crippen LogP contribution in [0.25, 0.3) is 0 Å². The molecule has 0 spiro atoms. The summed E-state index contributed by atoms with van der Waals surface area (Å²) in [5, 5.41) is 2.86. The molecular weight excluding hydrogens is 386 g/mol. The van der Waals surface area contributed by atoms with Crippen molar-refractivity contribution in [3.05, 3.63) is 65.7 Å². The molecule has 1 saturated heterocycles. The fourth-order valence-electron chi connectivity index (χ4n) is 3.27. The first kappa shape index (κ1) is 21.0. The Labute approximate surface area is 174 Å². The number of rotatable bonds is 7. The van der Waals surface area contributed by atoms with Crippen LogP contribution in [0.1, 0.15) is 31.0 Å². The summed E-state index contributed by atoms with van der Waals surface area (Å²) in [6.07, 6.45) is 0. The van der Waals surface area contributed by atoms with Gasteiger partial charge in [0.1, 0.15) is 12.3 Å². The number of amides is 5. The van der Waals surface area contributed by atoms with Crippen LogP contribution in [-0.2, 0) is 14.4 Å². The summed E-state index contributed by atoms with van der Waals surface area (Å²) in [6, 6.07) is 14.8. The molecule has 0 radical (unpaired) electrons. The van der Waals surface area contributed by atoms with Crippen molar-refractivity contribution in [3.63, 3.8) is 0 Å². The van der Waals surface area contributed by atoms with Crippen molar-refractivity contribution in [2.24, 2.45) is 0 Å². The van der Waals surface area contributed by atoms with Gasteiger partial charge < -0.3 is 10.1 Å². The van der Waals surface area contributed by atoms with Gasteiger partial charge in [0, 0.05) is 6.04 Å². The van der Waals surface area contributed by atoms with Gasteiger partial charge in [-0.2, -0.15) is 0 Å². The van der Waals surface area contributed by atoms with E-state index in [-0.39, 0.29) is 0 Å². The van der Waals surface area contributed by atoms with Crippen molar-refractivity contribution in [2.75, 3.05) is 13.7 Å². The van der Waals surface area contributed by atoms with Crippen molar-refractivity contribution in [2.45, 2.75) is 25.9 Å². The molecule has 0 aromatic heterocycles. The third-order valence-corrected chi connectivity index (χ3v) is 4.79. The molecule has 5 amide bonds. The van der Waals surface area contributed by atoms with Crippen LogP contribution in [0.5, 0.6) is 5.75 Å². The van der Waals surface area contributed by atoms with Crippen molar-refractivity contribution in [3.8, 4) is 5.75 Å². The zero-order valence-electron chi connectivity index (χ0n) is 17.0. The van der Waals surface area contributed by atoms with Crippen LogP contribution in [0, 0.1) is 0 Å². The molecule has 1 aliphatic rings. The Balaban J connectivity index is 1.81. The summed E-state index contributed by atoms with van der Waals surface area (Å²) in [4.78, 5) is 50.9. The van der Waals surface area contributed by atoms with E-state index < -0.39 is 42.4 Å². The fourth-order valence-corrected chi connectivity index (χ4v) is 3.27. The summed E-state index contributed by atoms with van der Waals surface area (Å²) >= 11 is 0. The molecule has 1 fully saturated rings. The number of carbonyl (C=O) groups is 4. The highest BCUT2D eigenvalue weighted by Gasteiger charge is 2.46. The standard InChI is InChI=1S/C22H23N3O5/c1-14(2)25-21(28)20(27)24(22(25)29)13-18(26)23-19(15-7-5-4-6-8-15)16-9-11-17(30-3)12-10-16/h4-12,14,19H,13H2,1-3H3,(H,23,26)/t19-/m0/s1. The Kier molecular flexibility index (Phi) is 6.15. The largest absolute Gasteiger partial charge is 0.497 e. The molecule has 8 heteroatoms. The Bertz CT molecular complexity index is 956. The molecule has 0 bridgehead atoms. The molecule has 8 nitrogen and oxygen atoms in total. The van der Waals surface area contributed by atoms with Gasteiger partial charge in [0.25, 0.3) is 0 Å². The second kappa shape index (κ2) is 8.77. The molecule has 0 saturated carbocycles. The summed E-state index contributed by atoms with van der Waals surface area (Å²) in [5.74, 6) is -1.79. The Hall–Kier alpha value is -3.68. The highest BCUT2D eigenvalue weighted by molar-refractivity contribution is 6.45. The van der Waals surface area contributed by atoms with Gasteiger partial charge in [-0.15, -0.1) is 0 Å². The SMILES string of the molecule is COc1ccc([C@@H](NC(=O)CN2C(=O)C(=O)N(C(C)C)C2=O)c2ccccc2)cc1. The van der Waals surface area contributed by atoms with E-state index in [0.29, 0.717) is 10.6 Å². The van der Waals surface area contributed by atoms with Crippen LogP contribution in [0.3, 0.4) is 0 Å². The van der Waals surface area contributed by atoms with Gasteiger partial charge in [-0.3, -0.25) is 19.3 Å². The second-order valence-corrected chi connectivity index (χ2v) is 7.13. The molecule has 1 heterocycles. The van der Waals surface area contributed by atoms with Gasteiger partial charge in [-0.1, -0.05) is 42.5 Å². The zero-order chi connectivity index (χ0) is 21.8. The number of nitrogens with one attached hydrogen (secondary N) is 1. The van der Waals surface area contributed by atoms with E-state index in [1.165, 1.54) is 0 Å². The molecule has 3 rings (SSSR count). The van der Waals surface area contributed by atoms with Gasteiger partial charge in [0.05, 0.1) is 13.2 Å². The van der Waals surface area contributed by atoms with Crippen molar-refractivity contribution in [1.29, 1.82) is 0 Å². The quantitative estimate of drug-likeness (QED) is 0.558. The minimum absolute atomic E-state index is 0.474. The highest BCUT2D eigenvalue weighted by Crippen LogP contribution is 2.24. The number of imide groups is 2. The Morgan fingerprint density at radius 2 is 1.53 bits per heavy atom. The van der Waals surface area contributed by atoms with E-state index in [1.54, 1.807) is 33.1 Å².